The minimum atomic E-state index is -3.33. The molecular weight excluding hydrogens is 1010 g/mol. The molecule has 0 nitrogen and oxygen atoms in total. The van der Waals surface area contributed by atoms with Gasteiger partial charge in [0.25, 0.3) is 0 Å². The van der Waals surface area contributed by atoms with Crippen molar-refractivity contribution in [1.29, 1.82) is 0 Å². The van der Waals surface area contributed by atoms with Crippen molar-refractivity contribution < 1.29 is 20.4 Å². The molecule has 5 heteroatoms. The maximum atomic E-state index is 2.67. The molecule has 9 aromatic rings. The van der Waals surface area contributed by atoms with E-state index >= 15 is 0 Å². The van der Waals surface area contributed by atoms with Crippen molar-refractivity contribution in [1.82, 2.24) is 0 Å². The number of benzene rings is 9. The maximum absolute atomic E-state index is 3.33. The Bertz CT molecular complexity index is 2820. The molecule has 1 unspecified atom stereocenters. The van der Waals surface area contributed by atoms with E-state index < -0.39 is 8.07 Å². The van der Waals surface area contributed by atoms with Crippen molar-refractivity contribution in [3.63, 3.8) is 0 Å². The molecule has 0 bridgehead atoms. The zero-order chi connectivity index (χ0) is 48.8. The molecule has 0 heterocycles. The third-order valence-electron chi connectivity index (χ3n) is 15.5. The molecule has 1 aliphatic rings. The van der Waals surface area contributed by atoms with Crippen molar-refractivity contribution >= 4 is 60.9 Å². The Morgan fingerprint density at radius 1 is 0.297 bits per heavy atom. The van der Waals surface area contributed by atoms with Gasteiger partial charge in [-0.25, -0.2) is 0 Å². The van der Waals surface area contributed by atoms with E-state index in [4.69, 9.17) is 0 Å². The predicted molar refractivity (Wildman–Crippen MR) is 321 cm³/mol. The summed E-state index contributed by atoms with van der Waals surface area (Å²) in [5, 5.41) is 4.10. The first kappa shape index (κ1) is 56.0. The fourth-order valence-corrected chi connectivity index (χ4v) is 19.7. The second kappa shape index (κ2) is 25.2. The van der Waals surface area contributed by atoms with Gasteiger partial charge in [0.15, 0.2) is 0 Å². The van der Waals surface area contributed by atoms with Gasteiger partial charge in [-0.2, -0.15) is 0 Å². The molecule has 1 aliphatic carbocycles. The van der Waals surface area contributed by atoms with Crippen LogP contribution in [0.1, 0.15) is 94.5 Å². The Labute approximate surface area is 472 Å². The van der Waals surface area contributed by atoms with Gasteiger partial charge in [-0.05, 0) is 0 Å². The minimum Gasteiger partial charge on any atom is -0.147 e. The molecule has 0 saturated carbocycles. The Balaban J connectivity index is 0.00000267. The van der Waals surface area contributed by atoms with Crippen molar-refractivity contribution in [3.8, 4) is 0 Å². The summed E-state index contributed by atoms with van der Waals surface area (Å²) >= 11 is 2.48. The van der Waals surface area contributed by atoms with Gasteiger partial charge in [0.05, 0.1) is 0 Å². The fraction of sp³-hybridized carbons (Fsp3) is 0.159. The van der Waals surface area contributed by atoms with Gasteiger partial charge in [0.2, 0.25) is 0 Å². The summed E-state index contributed by atoms with van der Waals surface area (Å²) in [7, 11) is -3.33. The summed E-state index contributed by atoms with van der Waals surface area (Å²) < 4.78 is 1.49. The van der Waals surface area contributed by atoms with Gasteiger partial charge < -0.3 is 0 Å². The van der Waals surface area contributed by atoms with E-state index in [1.54, 1.807) is 0 Å². The molecule has 0 fully saturated rings. The minimum absolute atomic E-state index is 0. The number of halogens is 3. The van der Waals surface area contributed by atoms with E-state index in [9.17, 15) is 0 Å². The molecule has 0 aliphatic heterocycles. The van der Waals surface area contributed by atoms with E-state index in [0.29, 0.717) is 0 Å². The fourth-order valence-electron chi connectivity index (χ4n) is 11.8. The Hall–Kier alpha value is -5.74. The number of hydrogen-bond donors (Lipinski definition) is 0. The van der Waals surface area contributed by atoms with Crippen LogP contribution in [-0.4, -0.2) is 8.07 Å². The average molecular weight is 1080 g/mol. The first-order valence-corrected chi connectivity index (χ1v) is 28.2. The van der Waals surface area contributed by atoms with Crippen molar-refractivity contribution in [2.24, 2.45) is 0 Å². The van der Waals surface area contributed by atoms with E-state index in [1.165, 1.54) is 103 Å². The van der Waals surface area contributed by atoms with Gasteiger partial charge in [0, 0.05) is 0 Å². The zero-order valence-corrected chi connectivity index (χ0v) is 48.0. The molecule has 10 rings (SSSR count). The third kappa shape index (κ3) is 12.0. The van der Waals surface area contributed by atoms with Gasteiger partial charge in [-0.15, -0.1) is 37.2 Å². The summed E-state index contributed by atoms with van der Waals surface area (Å²) in [5.74, 6) is 0. The predicted octanol–water partition coefficient (Wildman–Crippen LogP) is 15.9. The van der Waals surface area contributed by atoms with Crippen molar-refractivity contribution in [2.45, 2.75) is 71.3 Å². The van der Waals surface area contributed by atoms with Gasteiger partial charge >= 0.3 is 439 Å². The number of allylic oxidation sites excluding steroid dienone is 4. The molecule has 0 amide bonds. The maximum Gasteiger partial charge on any atom is -0.147 e. The quantitative estimate of drug-likeness (QED) is 0.0668. The third-order valence-corrected chi connectivity index (χ3v) is 22.8. The summed E-state index contributed by atoms with van der Waals surface area (Å²) in [5.41, 5.74) is 20.5. The van der Waals surface area contributed by atoms with Crippen LogP contribution in [-0.2, 0) is 59.0 Å². The van der Waals surface area contributed by atoms with Crippen LogP contribution in [0.2, 0.25) is 5.04 Å². The Morgan fingerprint density at radius 3 is 0.676 bits per heavy atom. The number of rotatable bonds is 16. The monoisotopic (exact) mass is 1080 g/mol. The van der Waals surface area contributed by atoms with Crippen LogP contribution >= 0.6 is 37.2 Å². The van der Waals surface area contributed by atoms with E-state index in [-0.39, 0.29) is 42.3 Å². The first-order chi connectivity index (χ1) is 34.6. The van der Waals surface area contributed by atoms with E-state index in [1.807, 2.05) is 0 Å². The van der Waals surface area contributed by atoms with Crippen molar-refractivity contribution in [2.75, 3.05) is 0 Å². The molecule has 0 spiro atoms. The van der Waals surface area contributed by atoms with Crippen LogP contribution in [0.5, 0.6) is 0 Å². The smallest absolute Gasteiger partial charge is 0.147 e. The van der Waals surface area contributed by atoms with Crippen LogP contribution in [0.4, 0.5) is 0 Å². The molecular formula is C69H66Cl3SiTi. The van der Waals surface area contributed by atoms with Crippen LogP contribution in [0.25, 0.3) is 0 Å². The molecule has 1 atom stereocenters. The summed E-state index contributed by atoms with van der Waals surface area (Å²) in [6, 6.07) is 90.2. The van der Waals surface area contributed by atoms with Crippen LogP contribution in [0, 0.1) is 0 Å². The van der Waals surface area contributed by atoms with Crippen LogP contribution in [0.15, 0.2) is 257 Å². The second-order valence-corrected chi connectivity index (χ2v) is 25.2. The van der Waals surface area contributed by atoms with Gasteiger partial charge in [-0.1, -0.05) is 0 Å². The summed E-state index contributed by atoms with van der Waals surface area (Å²) in [6.45, 7) is 9.92. The van der Waals surface area contributed by atoms with E-state index in [0.717, 1.165) is 38.5 Å². The first-order valence-electron chi connectivity index (χ1n) is 25.4. The number of hydrogen-bond acceptors (Lipinski definition) is 0. The van der Waals surface area contributed by atoms with E-state index in [2.05, 4.69) is 285 Å². The second-order valence-electron chi connectivity index (χ2n) is 20.2. The Kier molecular flexibility index (Phi) is 19.1. The standard InChI is InChI=1S/C69H63Si.3ClH.Ti/c1-51-50-69(4,53(3)52(51)2)70(66-44-60(35-54-23-11-5-12-24-54)41-61(45-66)36-55-25-13-6-14-26-55,67-46-62(37-56-27-15-7-16-28-56)42-63(47-67)38-57-29-17-8-18-30-57)68-48-64(39-58-31-19-9-20-32-58)43-65(49-68)40-59-33-21-10-22-34-59;;;;/h5-34,41-49H,35-40H2,1-4H3;3*1H;. The van der Waals surface area contributed by atoms with Crippen LogP contribution in [0.3, 0.4) is 0 Å². The summed E-state index contributed by atoms with van der Waals surface area (Å²) in [4.78, 5) is 0. The SMILES string of the molecule is CC1=C(C)C(C)([Si](c2cc(Cc3ccccc3)cc(Cc3ccccc3)c2)(c2cc(Cc3ccccc3)cc(Cc3ccccc3)c2)c2cc(Cc3ccccc3)cc(Cc3ccccc3)c2)[C]([Ti])=C1C.Cl.Cl.Cl. The van der Waals surface area contributed by atoms with Gasteiger partial charge in [0.1, 0.15) is 0 Å². The van der Waals surface area contributed by atoms with Crippen molar-refractivity contribution in [3.05, 3.63) is 324 Å². The molecule has 9 aromatic carbocycles. The molecule has 0 saturated heterocycles. The largest absolute Gasteiger partial charge is 0.147 e. The molecule has 0 N–H and O–H groups in total. The summed E-state index contributed by atoms with van der Waals surface area (Å²) in [6.07, 6.45) is 5.17. The van der Waals surface area contributed by atoms with Crippen LogP contribution < -0.4 is 15.6 Å². The molecule has 0 aromatic heterocycles. The average Bonchev–Trinajstić information content (AvgIpc) is 3.54. The molecule has 371 valence electrons. The normalized spacial score (nSPS) is 14.2. The molecule has 0 radical (unpaired) electrons. The topological polar surface area (TPSA) is 0 Å². The molecule has 74 heavy (non-hydrogen) atoms. The Morgan fingerprint density at radius 2 is 0.500 bits per heavy atom. The van der Waals surface area contributed by atoms with Gasteiger partial charge in [-0.3, -0.25) is 0 Å². The zero-order valence-electron chi connectivity index (χ0n) is 43.0.